The molecular weight excluding hydrogens is 473 g/mol. The van der Waals surface area contributed by atoms with Gasteiger partial charge in [0, 0.05) is 50.4 Å². The maximum atomic E-state index is 13.0. The Kier molecular flexibility index (Phi) is 6.49. The molecule has 32 heavy (non-hydrogen) atoms. The van der Waals surface area contributed by atoms with Crippen molar-refractivity contribution in [1.29, 1.82) is 0 Å². The molecule has 2 aliphatic rings. The van der Waals surface area contributed by atoms with E-state index in [2.05, 4.69) is 0 Å². The molecule has 10 heteroatoms. The molecule has 0 atom stereocenters. The fourth-order valence-electron chi connectivity index (χ4n) is 4.09. The van der Waals surface area contributed by atoms with Gasteiger partial charge >= 0.3 is 0 Å². The van der Waals surface area contributed by atoms with E-state index < -0.39 is 10.0 Å². The van der Waals surface area contributed by atoms with Crippen molar-refractivity contribution in [3.8, 4) is 0 Å². The lowest BCUT2D eigenvalue weighted by Gasteiger charge is -2.34. The van der Waals surface area contributed by atoms with Crippen molar-refractivity contribution >= 4 is 50.7 Å². The predicted molar refractivity (Wildman–Crippen MR) is 124 cm³/mol. The van der Waals surface area contributed by atoms with Crippen molar-refractivity contribution in [1.82, 2.24) is 9.21 Å². The van der Waals surface area contributed by atoms with Gasteiger partial charge in [0.15, 0.2) is 0 Å². The average Bonchev–Trinajstić information content (AvgIpc) is 3.23. The zero-order valence-corrected chi connectivity index (χ0v) is 19.9. The minimum atomic E-state index is -3.73. The van der Waals surface area contributed by atoms with Crippen LogP contribution in [0.2, 0.25) is 10.0 Å². The van der Waals surface area contributed by atoms with Crippen LogP contribution in [-0.2, 0) is 21.2 Å². The highest BCUT2D eigenvalue weighted by molar-refractivity contribution is 7.89. The van der Waals surface area contributed by atoms with Crippen molar-refractivity contribution < 1.29 is 18.0 Å². The van der Waals surface area contributed by atoms with Crippen LogP contribution < -0.4 is 4.90 Å². The standard InChI is InChI=1S/C22H23Cl2N3O4S/c1-2-21(28)27-8-7-15-13-16(3-6-20(15)27)22(29)25-9-11-26(12-10-25)32(30,31)17-4-5-18(23)19(24)14-17/h3-6,13-14H,2,7-12H2,1H3. The predicted octanol–water partition coefficient (Wildman–Crippen LogP) is 3.44. The number of sulfonamides is 1. The first kappa shape index (κ1) is 23.0. The van der Waals surface area contributed by atoms with Gasteiger partial charge in [-0.05, 0) is 48.4 Å². The van der Waals surface area contributed by atoms with Gasteiger partial charge in [-0.2, -0.15) is 4.31 Å². The second-order valence-corrected chi connectivity index (χ2v) is 10.5. The Hall–Kier alpha value is -2.13. The highest BCUT2D eigenvalue weighted by Crippen LogP contribution is 2.30. The van der Waals surface area contributed by atoms with Crippen molar-refractivity contribution in [2.75, 3.05) is 37.6 Å². The highest BCUT2D eigenvalue weighted by atomic mass is 35.5. The number of benzene rings is 2. The molecule has 170 valence electrons. The number of anilines is 1. The van der Waals surface area contributed by atoms with E-state index in [-0.39, 0.29) is 52.9 Å². The number of carbonyl (C=O) groups excluding carboxylic acids is 2. The minimum Gasteiger partial charge on any atom is -0.336 e. The van der Waals surface area contributed by atoms with E-state index in [0.29, 0.717) is 18.5 Å². The molecule has 4 rings (SSSR count). The summed E-state index contributed by atoms with van der Waals surface area (Å²) in [6.07, 6.45) is 1.16. The molecule has 0 bridgehead atoms. The molecule has 0 aromatic heterocycles. The van der Waals surface area contributed by atoms with Crippen LogP contribution in [0.25, 0.3) is 0 Å². The molecule has 2 aromatic rings. The van der Waals surface area contributed by atoms with Gasteiger partial charge in [0.1, 0.15) is 0 Å². The Bertz CT molecular complexity index is 1180. The van der Waals surface area contributed by atoms with Crippen LogP contribution in [0.3, 0.4) is 0 Å². The lowest BCUT2D eigenvalue weighted by molar-refractivity contribution is -0.118. The largest absolute Gasteiger partial charge is 0.336 e. The topological polar surface area (TPSA) is 78.0 Å². The number of rotatable bonds is 4. The second kappa shape index (κ2) is 9.02. The summed E-state index contributed by atoms with van der Waals surface area (Å²) in [4.78, 5) is 28.6. The molecule has 1 fully saturated rings. The number of hydrogen-bond donors (Lipinski definition) is 0. The quantitative estimate of drug-likeness (QED) is 0.650. The first-order valence-electron chi connectivity index (χ1n) is 10.4. The van der Waals surface area contributed by atoms with Gasteiger partial charge in [-0.25, -0.2) is 8.42 Å². The molecule has 7 nitrogen and oxygen atoms in total. The summed E-state index contributed by atoms with van der Waals surface area (Å²) in [5, 5.41) is 0.468. The average molecular weight is 496 g/mol. The van der Waals surface area contributed by atoms with Crippen molar-refractivity contribution in [3.05, 3.63) is 57.6 Å². The van der Waals surface area contributed by atoms with Gasteiger partial charge in [-0.3, -0.25) is 9.59 Å². The first-order valence-corrected chi connectivity index (χ1v) is 12.6. The van der Waals surface area contributed by atoms with E-state index >= 15 is 0 Å². The number of nitrogens with zero attached hydrogens (tertiary/aromatic N) is 3. The molecule has 2 amide bonds. The second-order valence-electron chi connectivity index (χ2n) is 7.76. The van der Waals surface area contributed by atoms with Crippen LogP contribution in [0, 0.1) is 0 Å². The third-order valence-corrected chi connectivity index (χ3v) is 8.51. The molecule has 2 aliphatic heterocycles. The summed E-state index contributed by atoms with van der Waals surface area (Å²) in [6.45, 7) is 3.43. The Balaban J connectivity index is 1.44. The lowest BCUT2D eigenvalue weighted by Crippen LogP contribution is -2.50. The van der Waals surface area contributed by atoms with Gasteiger partial charge < -0.3 is 9.80 Å². The van der Waals surface area contributed by atoms with Gasteiger partial charge in [0.25, 0.3) is 5.91 Å². The van der Waals surface area contributed by atoms with Gasteiger partial charge in [-0.1, -0.05) is 30.1 Å². The minimum absolute atomic E-state index is 0.0714. The third-order valence-electron chi connectivity index (χ3n) is 5.88. The van der Waals surface area contributed by atoms with Crippen LogP contribution in [0.4, 0.5) is 5.69 Å². The fourth-order valence-corrected chi connectivity index (χ4v) is 5.90. The van der Waals surface area contributed by atoms with Gasteiger partial charge in [0.2, 0.25) is 15.9 Å². The maximum Gasteiger partial charge on any atom is 0.253 e. The van der Waals surface area contributed by atoms with E-state index in [0.717, 1.165) is 17.7 Å². The van der Waals surface area contributed by atoms with E-state index in [1.807, 2.05) is 19.1 Å². The summed E-state index contributed by atoms with van der Waals surface area (Å²) < 4.78 is 27.2. The number of amides is 2. The van der Waals surface area contributed by atoms with Gasteiger partial charge in [0.05, 0.1) is 14.9 Å². The number of hydrogen-bond acceptors (Lipinski definition) is 4. The van der Waals surface area contributed by atoms with Gasteiger partial charge in [-0.15, -0.1) is 0 Å². The molecule has 0 radical (unpaired) electrons. The van der Waals surface area contributed by atoms with Crippen LogP contribution >= 0.6 is 23.2 Å². The first-order chi connectivity index (χ1) is 15.2. The van der Waals surface area contributed by atoms with Crippen LogP contribution in [0.15, 0.2) is 41.3 Å². The molecule has 1 saturated heterocycles. The molecule has 0 aliphatic carbocycles. The SMILES string of the molecule is CCC(=O)N1CCc2cc(C(=O)N3CCN(S(=O)(=O)c4ccc(Cl)c(Cl)c4)CC3)ccc21. The van der Waals surface area contributed by atoms with E-state index in [9.17, 15) is 18.0 Å². The monoisotopic (exact) mass is 495 g/mol. The summed E-state index contributed by atoms with van der Waals surface area (Å²) in [6, 6.07) is 9.64. The molecule has 0 unspecified atom stereocenters. The van der Waals surface area contributed by atoms with E-state index in [1.165, 1.54) is 22.5 Å². The van der Waals surface area contributed by atoms with Crippen LogP contribution in [0.1, 0.15) is 29.3 Å². The van der Waals surface area contributed by atoms with Crippen LogP contribution in [-0.4, -0.2) is 62.2 Å². The highest BCUT2D eigenvalue weighted by Gasteiger charge is 2.31. The van der Waals surface area contributed by atoms with E-state index in [4.69, 9.17) is 23.2 Å². The summed E-state index contributed by atoms with van der Waals surface area (Å²) in [5.41, 5.74) is 2.40. The maximum absolute atomic E-state index is 13.0. The lowest BCUT2D eigenvalue weighted by atomic mass is 10.1. The molecule has 0 N–H and O–H groups in total. The van der Waals surface area contributed by atoms with Crippen molar-refractivity contribution in [2.45, 2.75) is 24.7 Å². The molecule has 0 spiro atoms. The molecule has 2 heterocycles. The smallest absolute Gasteiger partial charge is 0.253 e. The zero-order valence-electron chi connectivity index (χ0n) is 17.6. The summed E-state index contributed by atoms with van der Waals surface area (Å²) >= 11 is 11.9. The number of fused-ring (bicyclic) bond motifs is 1. The Labute approximate surface area is 197 Å². The molecular formula is C22H23Cl2N3O4S. The number of halogens is 2. The van der Waals surface area contributed by atoms with E-state index in [1.54, 1.807) is 15.9 Å². The Morgan fingerprint density at radius 2 is 1.66 bits per heavy atom. The number of piperazine rings is 1. The normalized spacial score (nSPS) is 16.8. The Morgan fingerprint density at radius 3 is 2.31 bits per heavy atom. The summed E-state index contributed by atoms with van der Waals surface area (Å²) in [7, 11) is -3.73. The summed E-state index contributed by atoms with van der Waals surface area (Å²) in [5.74, 6) is -0.0678. The fraction of sp³-hybridized carbons (Fsp3) is 0.364. The molecule has 0 saturated carbocycles. The van der Waals surface area contributed by atoms with Crippen molar-refractivity contribution in [2.24, 2.45) is 0 Å². The number of carbonyl (C=O) groups is 2. The van der Waals surface area contributed by atoms with Crippen LogP contribution in [0.5, 0.6) is 0 Å². The van der Waals surface area contributed by atoms with Crippen molar-refractivity contribution in [3.63, 3.8) is 0 Å². The zero-order chi connectivity index (χ0) is 23.0. The molecule has 2 aromatic carbocycles. The Morgan fingerprint density at radius 1 is 0.938 bits per heavy atom. The third kappa shape index (κ3) is 4.24.